The van der Waals surface area contributed by atoms with Crippen molar-refractivity contribution in [1.82, 2.24) is 10.2 Å². The van der Waals surface area contributed by atoms with E-state index in [4.69, 9.17) is 0 Å². The first-order chi connectivity index (χ1) is 12.4. The van der Waals surface area contributed by atoms with Crippen molar-refractivity contribution in [1.29, 1.82) is 0 Å². The van der Waals surface area contributed by atoms with Crippen LogP contribution in [-0.4, -0.2) is 46.1 Å². The van der Waals surface area contributed by atoms with Crippen molar-refractivity contribution in [3.8, 4) is 11.5 Å². The van der Waals surface area contributed by atoms with E-state index < -0.39 is 0 Å². The van der Waals surface area contributed by atoms with Gasteiger partial charge in [-0.1, -0.05) is 0 Å². The number of likely N-dealkylation sites (tertiary alicyclic amines) is 1. The molecule has 0 bridgehead atoms. The lowest BCUT2D eigenvalue weighted by Gasteiger charge is -2.32. The summed E-state index contributed by atoms with van der Waals surface area (Å²) in [7, 11) is 0. The Morgan fingerprint density at radius 3 is 2.12 bits per heavy atom. The first-order valence-corrected chi connectivity index (χ1v) is 8.31. The van der Waals surface area contributed by atoms with Crippen LogP contribution in [0.4, 0.5) is 4.39 Å². The standard InChI is InChI=1S/C19H19FN2O4/c20-14-3-1-12(2-4-14)19(26)22-7-5-15(6-8-22)21-18(25)13-9-16(23)11-17(24)10-13/h1-4,9-11,15,23-24H,5-8H2,(H,21,25). The fraction of sp³-hybridized carbons (Fsp3) is 0.263. The summed E-state index contributed by atoms with van der Waals surface area (Å²) in [6.45, 7) is 0.957. The molecule has 1 heterocycles. The minimum absolute atomic E-state index is 0.107. The van der Waals surface area contributed by atoms with Gasteiger partial charge in [0, 0.05) is 36.3 Å². The number of aromatic hydroxyl groups is 2. The van der Waals surface area contributed by atoms with Gasteiger partial charge >= 0.3 is 0 Å². The van der Waals surface area contributed by atoms with Crippen molar-refractivity contribution >= 4 is 11.8 Å². The summed E-state index contributed by atoms with van der Waals surface area (Å²) in [5, 5.41) is 21.8. The summed E-state index contributed by atoms with van der Waals surface area (Å²) >= 11 is 0. The maximum Gasteiger partial charge on any atom is 0.253 e. The molecule has 0 unspecified atom stereocenters. The number of benzene rings is 2. The van der Waals surface area contributed by atoms with Crippen LogP contribution < -0.4 is 5.32 Å². The molecule has 0 aliphatic carbocycles. The first kappa shape index (κ1) is 17.7. The molecule has 1 saturated heterocycles. The third-order valence-corrected chi connectivity index (χ3v) is 4.37. The number of hydrogen-bond acceptors (Lipinski definition) is 4. The molecule has 6 nitrogen and oxygen atoms in total. The van der Waals surface area contributed by atoms with E-state index in [0.29, 0.717) is 31.5 Å². The number of nitrogens with one attached hydrogen (secondary N) is 1. The molecule has 1 aliphatic heterocycles. The second-order valence-corrected chi connectivity index (χ2v) is 6.28. The Morgan fingerprint density at radius 1 is 0.962 bits per heavy atom. The van der Waals surface area contributed by atoms with Crippen LogP contribution in [0.25, 0.3) is 0 Å². The highest BCUT2D eigenvalue weighted by Gasteiger charge is 2.25. The van der Waals surface area contributed by atoms with Crippen LogP contribution in [-0.2, 0) is 0 Å². The van der Waals surface area contributed by atoms with Gasteiger partial charge in [0.2, 0.25) is 0 Å². The van der Waals surface area contributed by atoms with E-state index in [-0.39, 0.29) is 40.7 Å². The van der Waals surface area contributed by atoms with Crippen LogP contribution in [0.5, 0.6) is 11.5 Å². The zero-order valence-electron chi connectivity index (χ0n) is 14.0. The number of phenols is 2. The molecular weight excluding hydrogens is 339 g/mol. The van der Waals surface area contributed by atoms with E-state index >= 15 is 0 Å². The molecule has 0 spiro atoms. The Bertz CT molecular complexity index is 795. The van der Waals surface area contributed by atoms with Crippen molar-refractivity contribution < 1.29 is 24.2 Å². The molecule has 2 amide bonds. The van der Waals surface area contributed by atoms with Crippen molar-refractivity contribution in [3.05, 3.63) is 59.4 Å². The lowest BCUT2D eigenvalue weighted by atomic mass is 10.0. The zero-order chi connectivity index (χ0) is 18.7. The third kappa shape index (κ3) is 4.11. The first-order valence-electron chi connectivity index (χ1n) is 8.31. The predicted molar refractivity (Wildman–Crippen MR) is 92.6 cm³/mol. The summed E-state index contributed by atoms with van der Waals surface area (Å²) < 4.78 is 13.0. The molecule has 0 saturated carbocycles. The zero-order valence-corrected chi connectivity index (χ0v) is 14.0. The van der Waals surface area contributed by atoms with Gasteiger partial charge in [-0.15, -0.1) is 0 Å². The summed E-state index contributed by atoms with van der Waals surface area (Å²) in [6, 6.07) is 9.03. The van der Waals surface area contributed by atoms with Crippen molar-refractivity contribution in [2.75, 3.05) is 13.1 Å². The highest BCUT2D eigenvalue weighted by atomic mass is 19.1. The lowest BCUT2D eigenvalue weighted by molar-refractivity contribution is 0.0698. The van der Waals surface area contributed by atoms with Gasteiger partial charge in [-0.3, -0.25) is 9.59 Å². The third-order valence-electron chi connectivity index (χ3n) is 4.37. The molecule has 0 aromatic heterocycles. The van der Waals surface area contributed by atoms with Crippen LogP contribution >= 0.6 is 0 Å². The van der Waals surface area contributed by atoms with E-state index in [1.54, 1.807) is 4.90 Å². The van der Waals surface area contributed by atoms with Crippen LogP contribution in [0.2, 0.25) is 0 Å². The molecule has 26 heavy (non-hydrogen) atoms. The maximum absolute atomic E-state index is 13.0. The van der Waals surface area contributed by atoms with Gasteiger partial charge in [0.1, 0.15) is 17.3 Å². The average molecular weight is 358 g/mol. The van der Waals surface area contributed by atoms with Crippen molar-refractivity contribution in [2.24, 2.45) is 0 Å². The lowest BCUT2D eigenvalue weighted by Crippen LogP contribution is -2.46. The number of amides is 2. The second kappa shape index (κ2) is 7.43. The molecular formula is C19H19FN2O4. The highest BCUT2D eigenvalue weighted by Crippen LogP contribution is 2.21. The smallest absolute Gasteiger partial charge is 0.253 e. The minimum atomic E-state index is -0.389. The average Bonchev–Trinajstić information content (AvgIpc) is 2.61. The molecule has 3 rings (SSSR count). The van der Waals surface area contributed by atoms with Gasteiger partial charge in [0.15, 0.2) is 0 Å². The summed E-state index contributed by atoms with van der Waals surface area (Å²) in [4.78, 5) is 26.3. The number of carbonyl (C=O) groups excluding carboxylic acids is 2. The largest absolute Gasteiger partial charge is 0.508 e. The Morgan fingerprint density at radius 2 is 1.54 bits per heavy atom. The number of nitrogens with zero attached hydrogens (tertiary/aromatic N) is 1. The summed E-state index contributed by atoms with van der Waals surface area (Å²) in [5.74, 6) is -1.31. The fourth-order valence-corrected chi connectivity index (χ4v) is 3.00. The van der Waals surface area contributed by atoms with Crippen LogP contribution in [0.3, 0.4) is 0 Å². The van der Waals surface area contributed by atoms with Gasteiger partial charge < -0.3 is 20.4 Å². The highest BCUT2D eigenvalue weighted by molar-refractivity contribution is 5.95. The van der Waals surface area contributed by atoms with E-state index in [2.05, 4.69) is 5.32 Å². The van der Waals surface area contributed by atoms with E-state index in [9.17, 15) is 24.2 Å². The van der Waals surface area contributed by atoms with Gasteiger partial charge in [0.05, 0.1) is 0 Å². The predicted octanol–water partition coefficient (Wildman–Crippen LogP) is 2.27. The fourth-order valence-electron chi connectivity index (χ4n) is 3.00. The SMILES string of the molecule is O=C(NC1CCN(C(=O)c2ccc(F)cc2)CC1)c1cc(O)cc(O)c1. The van der Waals surface area contributed by atoms with E-state index in [1.807, 2.05) is 0 Å². The monoisotopic (exact) mass is 358 g/mol. The number of carbonyl (C=O) groups is 2. The summed E-state index contributed by atoms with van der Waals surface area (Å²) in [6.07, 6.45) is 1.17. The summed E-state index contributed by atoms with van der Waals surface area (Å²) in [5.41, 5.74) is 0.608. The van der Waals surface area contributed by atoms with Gasteiger partial charge in [-0.05, 0) is 49.2 Å². The topological polar surface area (TPSA) is 89.9 Å². The molecule has 3 N–H and O–H groups in total. The number of halogens is 1. The Kier molecular flexibility index (Phi) is 5.06. The molecule has 2 aromatic rings. The maximum atomic E-state index is 13.0. The van der Waals surface area contributed by atoms with E-state index in [1.165, 1.54) is 36.4 Å². The molecule has 0 radical (unpaired) electrons. The van der Waals surface area contributed by atoms with Crippen molar-refractivity contribution in [2.45, 2.75) is 18.9 Å². The number of piperidine rings is 1. The van der Waals surface area contributed by atoms with Crippen LogP contribution in [0.1, 0.15) is 33.6 Å². The molecule has 1 fully saturated rings. The van der Waals surface area contributed by atoms with Gasteiger partial charge in [-0.25, -0.2) is 4.39 Å². The number of phenolic OH excluding ortho intramolecular Hbond substituents is 2. The normalized spacial score (nSPS) is 14.9. The Balaban J connectivity index is 1.55. The molecule has 0 atom stereocenters. The second-order valence-electron chi connectivity index (χ2n) is 6.28. The molecule has 136 valence electrons. The van der Waals surface area contributed by atoms with Crippen LogP contribution in [0.15, 0.2) is 42.5 Å². The molecule has 2 aromatic carbocycles. The van der Waals surface area contributed by atoms with E-state index in [0.717, 1.165) is 6.07 Å². The quantitative estimate of drug-likeness (QED) is 0.785. The number of rotatable bonds is 3. The number of hydrogen-bond donors (Lipinski definition) is 3. The van der Waals surface area contributed by atoms with Crippen LogP contribution in [0, 0.1) is 5.82 Å². The van der Waals surface area contributed by atoms with Crippen molar-refractivity contribution in [3.63, 3.8) is 0 Å². The minimum Gasteiger partial charge on any atom is -0.508 e. The Hall–Kier alpha value is -3.09. The van der Waals surface area contributed by atoms with Gasteiger partial charge in [0.25, 0.3) is 11.8 Å². The molecule has 7 heteroatoms. The molecule has 1 aliphatic rings. The Labute approximate surface area is 149 Å². The van der Waals surface area contributed by atoms with Gasteiger partial charge in [-0.2, -0.15) is 0 Å².